The molecule has 1 aromatic carbocycles. The van der Waals surface area contributed by atoms with E-state index in [1.54, 1.807) is 19.2 Å². The predicted octanol–water partition coefficient (Wildman–Crippen LogP) is 3.02. The van der Waals surface area contributed by atoms with E-state index in [4.69, 9.17) is 0 Å². The molecule has 2 aromatic rings. The number of alkyl halides is 3. The molecule has 0 saturated carbocycles. The van der Waals surface area contributed by atoms with Gasteiger partial charge in [0.1, 0.15) is 17.3 Å². The number of nitrogens with one attached hydrogen (secondary N) is 2. The number of aromatic nitrogens is 1. The molecule has 0 atom stereocenters. The number of benzene rings is 1. The maximum atomic E-state index is 13.5. The standard InChI is InChI=1S/C17H16F4N4O/c1-22-9-15(10-26)24-25-16-7-11(2-3-23-16)4-12-5-13(17(19,20)21)8-14(18)6-12/h2-3,5-8,10,22H,4,9H2,1H3,(H,23,25)/b24-15+. The van der Waals surface area contributed by atoms with Gasteiger partial charge in [0.2, 0.25) is 0 Å². The van der Waals surface area contributed by atoms with E-state index in [-0.39, 0.29) is 24.2 Å². The van der Waals surface area contributed by atoms with Crippen molar-refractivity contribution in [3.8, 4) is 0 Å². The zero-order valence-electron chi connectivity index (χ0n) is 13.8. The first-order chi connectivity index (χ1) is 12.3. The molecule has 0 bridgehead atoms. The van der Waals surface area contributed by atoms with Crippen molar-refractivity contribution < 1.29 is 22.4 Å². The highest BCUT2D eigenvalue weighted by Crippen LogP contribution is 2.31. The van der Waals surface area contributed by atoms with Crippen molar-refractivity contribution in [2.75, 3.05) is 19.0 Å². The summed E-state index contributed by atoms with van der Waals surface area (Å²) in [6.45, 7) is 0.264. The van der Waals surface area contributed by atoms with Gasteiger partial charge in [-0.15, -0.1) is 0 Å². The fraction of sp³-hybridized carbons (Fsp3) is 0.235. The van der Waals surface area contributed by atoms with E-state index in [1.165, 1.54) is 6.20 Å². The first kappa shape index (κ1) is 19.5. The fourth-order valence-electron chi connectivity index (χ4n) is 2.21. The van der Waals surface area contributed by atoms with Gasteiger partial charge >= 0.3 is 6.18 Å². The van der Waals surface area contributed by atoms with Crippen LogP contribution in [-0.2, 0) is 17.4 Å². The number of halogens is 4. The number of carbonyl (C=O) groups is 1. The normalized spacial score (nSPS) is 12.1. The van der Waals surface area contributed by atoms with Gasteiger partial charge < -0.3 is 5.32 Å². The molecule has 0 saturated heterocycles. The van der Waals surface area contributed by atoms with Crippen LogP contribution in [0.1, 0.15) is 16.7 Å². The van der Waals surface area contributed by atoms with Gasteiger partial charge in [-0.3, -0.25) is 10.2 Å². The molecule has 0 amide bonds. The zero-order chi connectivity index (χ0) is 19.2. The Morgan fingerprint density at radius 1 is 1.23 bits per heavy atom. The lowest BCUT2D eigenvalue weighted by atomic mass is 10.0. The molecule has 0 aliphatic heterocycles. The van der Waals surface area contributed by atoms with Gasteiger partial charge in [0, 0.05) is 12.7 Å². The Balaban J connectivity index is 2.19. The Hall–Kier alpha value is -2.81. The number of anilines is 1. The molecule has 0 aliphatic carbocycles. The number of pyridine rings is 1. The van der Waals surface area contributed by atoms with Crippen molar-refractivity contribution in [2.24, 2.45) is 5.10 Å². The number of nitrogens with zero attached hydrogens (tertiary/aromatic N) is 2. The average molecular weight is 368 g/mol. The monoisotopic (exact) mass is 368 g/mol. The summed E-state index contributed by atoms with van der Waals surface area (Å²) < 4.78 is 51.8. The molecule has 9 heteroatoms. The highest BCUT2D eigenvalue weighted by Gasteiger charge is 2.31. The molecular formula is C17H16F4N4O. The molecule has 0 unspecified atom stereocenters. The van der Waals surface area contributed by atoms with Crippen molar-refractivity contribution in [1.29, 1.82) is 0 Å². The highest BCUT2D eigenvalue weighted by atomic mass is 19.4. The first-order valence-corrected chi connectivity index (χ1v) is 7.55. The lowest BCUT2D eigenvalue weighted by molar-refractivity contribution is -0.137. The van der Waals surface area contributed by atoms with E-state index >= 15 is 0 Å². The molecule has 1 heterocycles. The Kier molecular flexibility index (Phi) is 6.40. The molecule has 138 valence electrons. The zero-order valence-corrected chi connectivity index (χ0v) is 13.8. The van der Waals surface area contributed by atoms with Crippen molar-refractivity contribution in [3.05, 3.63) is 59.0 Å². The summed E-state index contributed by atoms with van der Waals surface area (Å²) in [4.78, 5) is 14.8. The van der Waals surface area contributed by atoms with Crippen LogP contribution in [0.4, 0.5) is 23.4 Å². The molecule has 2 rings (SSSR count). The second-order valence-electron chi connectivity index (χ2n) is 5.44. The number of rotatable bonds is 7. The van der Waals surface area contributed by atoms with Gasteiger partial charge in [0.15, 0.2) is 6.29 Å². The van der Waals surface area contributed by atoms with Crippen molar-refractivity contribution in [1.82, 2.24) is 10.3 Å². The van der Waals surface area contributed by atoms with Crippen LogP contribution in [0.2, 0.25) is 0 Å². The summed E-state index contributed by atoms with van der Waals surface area (Å²) in [6, 6.07) is 5.58. The smallest absolute Gasteiger partial charge is 0.314 e. The Labute approximate surface area is 147 Å². The van der Waals surface area contributed by atoms with Crippen LogP contribution in [0, 0.1) is 5.82 Å². The maximum absolute atomic E-state index is 13.5. The molecule has 0 fully saturated rings. The molecule has 5 nitrogen and oxygen atoms in total. The van der Waals surface area contributed by atoms with E-state index in [1.807, 2.05) is 0 Å². The van der Waals surface area contributed by atoms with Crippen LogP contribution < -0.4 is 10.7 Å². The summed E-state index contributed by atoms with van der Waals surface area (Å²) in [7, 11) is 1.66. The largest absolute Gasteiger partial charge is 0.416 e. The van der Waals surface area contributed by atoms with Gasteiger partial charge in [0.05, 0.1) is 5.56 Å². The van der Waals surface area contributed by atoms with E-state index in [9.17, 15) is 22.4 Å². The summed E-state index contributed by atoms with van der Waals surface area (Å²) >= 11 is 0. The number of hydrazone groups is 1. The van der Waals surface area contributed by atoms with Crippen LogP contribution >= 0.6 is 0 Å². The molecule has 0 radical (unpaired) electrons. The third kappa shape index (κ3) is 5.62. The van der Waals surface area contributed by atoms with E-state index < -0.39 is 17.6 Å². The molecule has 0 aliphatic rings. The minimum atomic E-state index is -4.62. The third-order valence-corrected chi connectivity index (χ3v) is 3.33. The lowest BCUT2D eigenvalue weighted by Crippen LogP contribution is -2.20. The molecule has 2 N–H and O–H groups in total. The van der Waals surface area contributed by atoms with E-state index in [2.05, 4.69) is 20.8 Å². The summed E-state index contributed by atoms with van der Waals surface area (Å²) in [5.41, 5.74) is 2.58. The molecular weight excluding hydrogens is 352 g/mol. The highest BCUT2D eigenvalue weighted by molar-refractivity contribution is 6.29. The van der Waals surface area contributed by atoms with E-state index in [0.717, 1.165) is 12.1 Å². The molecule has 0 spiro atoms. The first-order valence-electron chi connectivity index (χ1n) is 7.55. The van der Waals surface area contributed by atoms with Crippen LogP contribution in [0.15, 0.2) is 41.6 Å². The quantitative estimate of drug-likeness (QED) is 0.341. The second kappa shape index (κ2) is 8.52. The van der Waals surface area contributed by atoms with Crippen LogP contribution in [0.25, 0.3) is 0 Å². The van der Waals surface area contributed by atoms with Crippen molar-refractivity contribution in [2.45, 2.75) is 12.6 Å². The molecule has 1 aromatic heterocycles. The average Bonchev–Trinajstić information content (AvgIpc) is 2.57. The Morgan fingerprint density at radius 2 is 2.00 bits per heavy atom. The maximum Gasteiger partial charge on any atom is 0.416 e. The summed E-state index contributed by atoms with van der Waals surface area (Å²) in [5, 5.41) is 6.65. The van der Waals surface area contributed by atoms with Gasteiger partial charge in [-0.05, 0) is 54.9 Å². The number of carbonyl (C=O) groups excluding carboxylic acids is 1. The fourth-order valence-corrected chi connectivity index (χ4v) is 2.21. The van der Waals surface area contributed by atoms with E-state index in [0.29, 0.717) is 23.7 Å². The third-order valence-electron chi connectivity index (χ3n) is 3.33. The number of hydrogen-bond acceptors (Lipinski definition) is 5. The summed E-state index contributed by atoms with van der Waals surface area (Å²) in [5.74, 6) is -0.639. The summed E-state index contributed by atoms with van der Waals surface area (Å²) in [6.07, 6.45) is -2.51. The molecule has 26 heavy (non-hydrogen) atoms. The second-order valence-corrected chi connectivity index (χ2v) is 5.44. The van der Waals surface area contributed by atoms with Crippen LogP contribution in [0.5, 0.6) is 0 Å². The lowest BCUT2D eigenvalue weighted by Gasteiger charge is -2.10. The minimum Gasteiger partial charge on any atom is -0.314 e. The Bertz CT molecular complexity index is 806. The topological polar surface area (TPSA) is 66.4 Å². The minimum absolute atomic E-state index is 0.0822. The van der Waals surface area contributed by atoms with Crippen LogP contribution in [0.3, 0.4) is 0 Å². The van der Waals surface area contributed by atoms with Gasteiger partial charge in [-0.2, -0.15) is 18.3 Å². The Morgan fingerprint density at radius 3 is 2.65 bits per heavy atom. The van der Waals surface area contributed by atoms with Crippen molar-refractivity contribution >= 4 is 17.8 Å². The number of hydrogen-bond donors (Lipinski definition) is 2. The van der Waals surface area contributed by atoms with Gasteiger partial charge in [-0.25, -0.2) is 9.37 Å². The predicted molar refractivity (Wildman–Crippen MR) is 89.5 cm³/mol. The van der Waals surface area contributed by atoms with Gasteiger partial charge in [-0.1, -0.05) is 0 Å². The van der Waals surface area contributed by atoms with Crippen LogP contribution in [-0.4, -0.2) is 30.6 Å². The number of aldehydes is 1. The van der Waals surface area contributed by atoms with Gasteiger partial charge in [0.25, 0.3) is 0 Å². The van der Waals surface area contributed by atoms with Crippen molar-refractivity contribution in [3.63, 3.8) is 0 Å². The SMILES string of the molecule is CNC/C(C=O)=N\Nc1cc(Cc2cc(F)cc(C(F)(F)F)c2)ccn1.